The van der Waals surface area contributed by atoms with E-state index in [9.17, 15) is 0 Å². The number of nitrogens with zero attached hydrogens (tertiary/aromatic N) is 4. The molecule has 1 aromatic carbocycles. The van der Waals surface area contributed by atoms with Crippen LogP contribution in [0.4, 0.5) is 0 Å². The molecule has 0 saturated heterocycles. The lowest BCUT2D eigenvalue weighted by Crippen LogP contribution is -1.87. The average molecular weight is 300 g/mol. The topological polar surface area (TPSA) is 91.4 Å². The monoisotopic (exact) mass is 299 g/mol. The summed E-state index contributed by atoms with van der Waals surface area (Å²) in [5.41, 5.74) is 1.81. The maximum atomic E-state index is 9.09. The number of rotatable bonds is 3. The quantitative estimate of drug-likeness (QED) is 0.801. The molecule has 104 valence electrons. The number of hydrogen-bond donors (Lipinski definition) is 1. The molecule has 0 aliphatic carbocycles. The molecule has 0 fully saturated rings. The van der Waals surface area contributed by atoms with Gasteiger partial charge in [0.25, 0.3) is 0 Å². The molecule has 3 aromatic rings. The van der Waals surface area contributed by atoms with Gasteiger partial charge in [-0.3, -0.25) is 0 Å². The molecule has 0 saturated carbocycles. The highest BCUT2D eigenvalue weighted by molar-refractivity contribution is 6.30. The number of aryl methyl sites for hydroxylation is 1. The molecule has 0 aliphatic heterocycles. The lowest BCUT2D eigenvalue weighted by atomic mass is 10.1. The second kappa shape index (κ2) is 5.38. The van der Waals surface area contributed by atoms with Crippen LogP contribution < -0.4 is 0 Å². The molecular formula is C14H10ClN5O. The first kappa shape index (κ1) is 13.3. The number of hydrogen-bond acceptors (Lipinski definition) is 5. The van der Waals surface area contributed by atoms with Gasteiger partial charge in [-0.1, -0.05) is 30.7 Å². The van der Waals surface area contributed by atoms with Crippen LogP contribution >= 0.6 is 11.6 Å². The number of halogens is 1. The van der Waals surface area contributed by atoms with Crippen LogP contribution in [-0.4, -0.2) is 20.4 Å². The lowest BCUT2D eigenvalue weighted by molar-refractivity contribution is 0.514. The fourth-order valence-electron chi connectivity index (χ4n) is 1.98. The molecule has 6 nitrogen and oxygen atoms in total. The number of H-pyrrole nitrogens is 1. The zero-order chi connectivity index (χ0) is 14.8. The van der Waals surface area contributed by atoms with E-state index in [2.05, 4.69) is 20.4 Å². The Hall–Kier alpha value is -2.65. The number of oxazole rings is 1. The number of aromatic amines is 1. The van der Waals surface area contributed by atoms with Gasteiger partial charge >= 0.3 is 0 Å². The summed E-state index contributed by atoms with van der Waals surface area (Å²) in [6.07, 6.45) is 0.632. The molecule has 2 heterocycles. The van der Waals surface area contributed by atoms with Crippen LogP contribution in [0.5, 0.6) is 0 Å². The van der Waals surface area contributed by atoms with E-state index < -0.39 is 0 Å². The lowest BCUT2D eigenvalue weighted by Gasteiger charge is -1.99. The van der Waals surface area contributed by atoms with Crippen molar-refractivity contribution < 1.29 is 4.42 Å². The molecule has 0 atom stereocenters. The summed E-state index contributed by atoms with van der Waals surface area (Å²) in [7, 11) is 0. The van der Waals surface area contributed by atoms with E-state index in [4.69, 9.17) is 21.3 Å². The third-order valence-corrected chi connectivity index (χ3v) is 3.17. The largest absolute Gasteiger partial charge is 0.440 e. The van der Waals surface area contributed by atoms with Gasteiger partial charge < -0.3 is 4.42 Å². The van der Waals surface area contributed by atoms with E-state index in [0.29, 0.717) is 34.5 Å². The van der Waals surface area contributed by atoms with Crippen LogP contribution in [0.25, 0.3) is 22.7 Å². The van der Waals surface area contributed by atoms with Gasteiger partial charge in [-0.25, -0.2) is 4.98 Å². The van der Waals surface area contributed by atoms with Crippen LogP contribution in [0.15, 0.2) is 28.7 Å². The van der Waals surface area contributed by atoms with E-state index in [-0.39, 0.29) is 5.69 Å². The van der Waals surface area contributed by atoms with E-state index >= 15 is 0 Å². The highest BCUT2D eigenvalue weighted by atomic mass is 35.5. The third kappa shape index (κ3) is 2.39. The van der Waals surface area contributed by atoms with Gasteiger partial charge in [0, 0.05) is 17.0 Å². The van der Waals surface area contributed by atoms with Crippen molar-refractivity contribution in [2.24, 2.45) is 0 Å². The Morgan fingerprint density at radius 2 is 2.19 bits per heavy atom. The molecule has 0 spiro atoms. The zero-order valence-electron chi connectivity index (χ0n) is 11.1. The number of benzene rings is 1. The summed E-state index contributed by atoms with van der Waals surface area (Å²) in [6.45, 7) is 1.94. The van der Waals surface area contributed by atoms with Crippen LogP contribution in [0, 0.1) is 11.3 Å². The van der Waals surface area contributed by atoms with Gasteiger partial charge in [0.15, 0.2) is 23.0 Å². The third-order valence-electron chi connectivity index (χ3n) is 2.94. The minimum Gasteiger partial charge on any atom is -0.440 e. The van der Waals surface area contributed by atoms with E-state index in [1.807, 2.05) is 25.1 Å². The van der Waals surface area contributed by atoms with Crippen LogP contribution in [0.1, 0.15) is 18.5 Å². The Morgan fingerprint density at radius 1 is 1.33 bits per heavy atom. The zero-order valence-corrected chi connectivity index (χ0v) is 11.8. The normalized spacial score (nSPS) is 10.5. The molecule has 0 amide bonds. The molecule has 0 bridgehead atoms. The highest BCUT2D eigenvalue weighted by Gasteiger charge is 2.22. The van der Waals surface area contributed by atoms with Gasteiger partial charge in [-0.2, -0.15) is 15.6 Å². The fourth-order valence-corrected chi connectivity index (χ4v) is 2.17. The molecule has 21 heavy (non-hydrogen) atoms. The van der Waals surface area contributed by atoms with Gasteiger partial charge in [-0.15, -0.1) is 5.10 Å². The molecule has 0 radical (unpaired) electrons. The summed E-state index contributed by atoms with van der Waals surface area (Å²) < 4.78 is 5.77. The first-order chi connectivity index (χ1) is 10.2. The summed E-state index contributed by atoms with van der Waals surface area (Å²) in [6, 6.07) is 9.22. The maximum Gasteiger partial charge on any atom is 0.195 e. The summed E-state index contributed by atoms with van der Waals surface area (Å²) in [5.74, 6) is 1.09. The Bertz CT molecular complexity index is 830. The minimum absolute atomic E-state index is 0.175. The molecule has 1 N–H and O–H groups in total. The van der Waals surface area contributed by atoms with Crippen molar-refractivity contribution in [3.63, 3.8) is 0 Å². The van der Waals surface area contributed by atoms with Crippen molar-refractivity contribution in [2.45, 2.75) is 13.3 Å². The van der Waals surface area contributed by atoms with Gasteiger partial charge in [0.2, 0.25) is 0 Å². The SMILES string of the molecule is CCc1nc(-c2n[nH]nc2C#N)c(-c2cccc(Cl)c2)o1. The highest BCUT2D eigenvalue weighted by Crippen LogP contribution is 2.33. The fraction of sp³-hybridized carbons (Fsp3) is 0.143. The standard InChI is InChI=1S/C14H10ClN5O/c1-2-11-17-13(12-10(7-16)18-20-19-12)14(21-11)8-4-3-5-9(15)6-8/h3-6H,2H2,1H3,(H,18,19,20). The van der Waals surface area contributed by atoms with E-state index in [0.717, 1.165) is 5.56 Å². The molecule has 0 aliphatic rings. The van der Waals surface area contributed by atoms with Crippen molar-refractivity contribution >= 4 is 11.6 Å². The molecule has 3 rings (SSSR count). The van der Waals surface area contributed by atoms with Gasteiger partial charge in [0.1, 0.15) is 11.8 Å². The van der Waals surface area contributed by atoms with Crippen molar-refractivity contribution in [2.75, 3.05) is 0 Å². The van der Waals surface area contributed by atoms with Crippen LogP contribution in [0.3, 0.4) is 0 Å². The molecule has 7 heteroatoms. The summed E-state index contributed by atoms with van der Waals surface area (Å²) in [5, 5.41) is 19.9. The minimum atomic E-state index is 0.175. The Labute approximate surface area is 125 Å². The summed E-state index contributed by atoms with van der Waals surface area (Å²) in [4.78, 5) is 4.40. The molecule has 2 aromatic heterocycles. The number of nitriles is 1. The second-order valence-electron chi connectivity index (χ2n) is 4.28. The Balaban J connectivity index is 2.22. The first-order valence-corrected chi connectivity index (χ1v) is 6.67. The van der Waals surface area contributed by atoms with Crippen LogP contribution in [-0.2, 0) is 6.42 Å². The van der Waals surface area contributed by atoms with Crippen molar-refractivity contribution in [3.8, 4) is 28.8 Å². The predicted molar refractivity (Wildman–Crippen MR) is 76.4 cm³/mol. The maximum absolute atomic E-state index is 9.09. The number of aromatic nitrogens is 4. The molecule has 0 unspecified atom stereocenters. The van der Waals surface area contributed by atoms with Crippen molar-refractivity contribution in [1.29, 1.82) is 5.26 Å². The smallest absolute Gasteiger partial charge is 0.195 e. The second-order valence-corrected chi connectivity index (χ2v) is 4.72. The average Bonchev–Trinajstić information content (AvgIpc) is 3.13. The van der Waals surface area contributed by atoms with Gasteiger partial charge in [0.05, 0.1) is 0 Å². The first-order valence-electron chi connectivity index (χ1n) is 6.29. The van der Waals surface area contributed by atoms with Crippen LogP contribution in [0.2, 0.25) is 5.02 Å². The molecular weight excluding hydrogens is 290 g/mol. The Kier molecular flexibility index (Phi) is 3.42. The van der Waals surface area contributed by atoms with Crippen molar-refractivity contribution in [3.05, 3.63) is 40.9 Å². The van der Waals surface area contributed by atoms with Gasteiger partial charge in [-0.05, 0) is 12.1 Å². The van der Waals surface area contributed by atoms with E-state index in [1.165, 1.54) is 0 Å². The van der Waals surface area contributed by atoms with E-state index in [1.54, 1.807) is 12.1 Å². The predicted octanol–water partition coefficient (Wildman–Crippen LogP) is 3.21. The summed E-state index contributed by atoms with van der Waals surface area (Å²) >= 11 is 6.02. The van der Waals surface area contributed by atoms with Crippen molar-refractivity contribution in [1.82, 2.24) is 20.4 Å². The Morgan fingerprint density at radius 3 is 2.90 bits per heavy atom. The number of nitrogens with one attached hydrogen (secondary N) is 1.